The molecule has 1 heterocycles. The first-order chi connectivity index (χ1) is 8.31. The summed E-state index contributed by atoms with van der Waals surface area (Å²) in [4.78, 5) is 11.5. The molecule has 1 unspecified atom stereocenters. The third kappa shape index (κ3) is 3.07. The third-order valence-electron chi connectivity index (χ3n) is 3.29. The van der Waals surface area contributed by atoms with Crippen LogP contribution in [0.15, 0.2) is 24.3 Å². The Morgan fingerprint density at radius 2 is 2.29 bits per heavy atom. The Bertz CT molecular complexity index is 390. The van der Waals surface area contributed by atoms with Crippen LogP contribution in [0.1, 0.15) is 36.8 Å². The molecule has 1 aliphatic heterocycles. The van der Waals surface area contributed by atoms with Gasteiger partial charge in [0.1, 0.15) is 0 Å². The van der Waals surface area contributed by atoms with Gasteiger partial charge in [-0.05, 0) is 30.4 Å². The highest BCUT2D eigenvalue weighted by atomic mass is 16.1. The lowest BCUT2D eigenvalue weighted by Crippen LogP contribution is -2.29. The van der Waals surface area contributed by atoms with E-state index in [1.54, 1.807) is 0 Å². The van der Waals surface area contributed by atoms with Gasteiger partial charge in [0.05, 0.1) is 0 Å². The van der Waals surface area contributed by atoms with E-state index in [9.17, 15) is 4.79 Å². The Hall–Kier alpha value is -1.35. The summed E-state index contributed by atoms with van der Waals surface area (Å²) in [6.07, 6.45) is 1.55. The summed E-state index contributed by atoms with van der Waals surface area (Å²) < 4.78 is 0. The van der Waals surface area contributed by atoms with Crippen molar-refractivity contribution in [1.82, 2.24) is 10.6 Å². The van der Waals surface area contributed by atoms with Crippen LogP contribution in [0.5, 0.6) is 0 Å². The Kier molecular flexibility index (Phi) is 4.15. The first-order valence-electron chi connectivity index (χ1n) is 6.36. The number of hydrogen-bond acceptors (Lipinski definition) is 2. The van der Waals surface area contributed by atoms with Crippen molar-refractivity contribution in [1.29, 1.82) is 0 Å². The fraction of sp³-hybridized carbons (Fsp3) is 0.500. The zero-order valence-corrected chi connectivity index (χ0v) is 10.3. The van der Waals surface area contributed by atoms with Crippen LogP contribution in [0.3, 0.4) is 0 Å². The molecular weight excluding hydrogens is 212 g/mol. The van der Waals surface area contributed by atoms with Crippen molar-refractivity contribution in [2.24, 2.45) is 0 Å². The van der Waals surface area contributed by atoms with Gasteiger partial charge in [0.15, 0.2) is 0 Å². The molecule has 0 aromatic heterocycles. The Labute approximate surface area is 103 Å². The Balaban J connectivity index is 1.97. The van der Waals surface area contributed by atoms with Crippen LogP contribution >= 0.6 is 0 Å². The van der Waals surface area contributed by atoms with Crippen molar-refractivity contribution < 1.29 is 4.79 Å². The third-order valence-corrected chi connectivity index (χ3v) is 3.29. The normalized spacial score (nSPS) is 18.5. The number of rotatable bonds is 4. The van der Waals surface area contributed by atoms with Crippen LogP contribution < -0.4 is 10.6 Å². The second-order valence-electron chi connectivity index (χ2n) is 4.52. The summed E-state index contributed by atoms with van der Waals surface area (Å²) in [7, 11) is 0. The summed E-state index contributed by atoms with van der Waals surface area (Å²) in [5, 5.41) is 6.26. The summed E-state index contributed by atoms with van der Waals surface area (Å²) in [6.45, 7) is 4.61. The van der Waals surface area contributed by atoms with Crippen molar-refractivity contribution in [3.8, 4) is 0 Å². The molecule has 0 fully saturated rings. The average Bonchev–Trinajstić information content (AvgIpc) is 2.36. The summed E-state index contributed by atoms with van der Waals surface area (Å²) >= 11 is 0. The molecular formula is C14H20N2O. The maximum atomic E-state index is 11.5. The predicted molar refractivity (Wildman–Crippen MR) is 68.8 cm³/mol. The average molecular weight is 232 g/mol. The molecule has 1 aliphatic rings. The SMILES string of the molecule is CCNC(=O)CCC1CNCc2ccccc21. The summed E-state index contributed by atoms with van der Waals surface area (Å²) in [5.74, 6) is 0.637. The van der Waals surface area contributed by atoms with Gasteiger partial charge in [-0.3, -0.25) is 4.79 Å². The van der Waals surface area contributed by atoms with E-state index in [-0.39, 0.29) is 5.91 Å². The molecule has 1 aromatic rings. The molecule has 2 rings (SSSR count). The number of fused-ring (bicyclic) bond motifs is 1. The first kappa shape index (κ1) is 12.1. The monoisotopic (exact) mass is 232 g/mol. The van der Waals surface area contributed by atoms with E-state index in [0.29, 0.717) is 12.3 Å². The molecule has 2 N–H and O–H groups in total. The van der Waals surface area contributed by atoms with E-state index < -0.39 is 0 Å². The molecule has 92 valence electrons. The number of nitrogens with one attached hydrogen (secondary N) is 2. The van der Waals surface area contributed by atoms with Crippen LogP contribution in [-0.2, 0) is 11.3 Å². The predicted octanol–water partition coefficient (Wildman–Crippen LogP) is 1.79. The molecule has 0 bridgehead atoms. The molecule has 0 saturated heterocycles. The lowest BCUT2D eigenvalue weighted by molar-refractivity contribution is -0.121. The molecule has 0 saturated carbocycles. The molecule has 0 spiro atoms. The van der Waals surface area contributed by atoms with Gasteiger partial charge in [-0.1, -0.05) is 24.3 Å². The maximum Gasteiger partial charge on any atom is 0.220 e. The van der Waals surface area contributed by atoms with Gasteiger partial charge in [-0.25, -0.2) is 0 Å². The van der Waals surface area contributed by atoms with E-state index in [1.807, 2.05) is 6.92 Å². The number of benzene rings is 1. The van der Waals surface area contributed by atoms with Crippen molar-refractivity contribution in [2.75, 3.05) is 13.1 Å². The zero-order valence-electron chi connectivity index (χ0n) is 10.3. The van der Waals surface area contributed by atoms with Gasteiger partial charge in [0.2, 0.25) is 5.91 Å². The minimum absolute atomic E-state index is 0.163. The van der Waals surface area contributed by atoms with Crippen molar-refractivity contribution in [2.45, 2.75) is 32.2 Å². The van der Waals surface area contributed by atoms with Gasteiger partial charge in [-0.2, -0.15) is 0 Å². The molecule has 3 nitrogen and oxygen atoms in total. The molecule has 0 aliphatic carbocycles. The second kappa shape index (κ2) is 5.82. The van der Waals surface area contributed by atoms with Crippen molar-refractivity contribution in [3.63, 3.8) is 0 Å². The lowest BCUT2D eigenvalue weighted by atomic mass is 9.87. The molecule has 3 heteroatoms. The highest BCUT2D eigenvalue weighted by Crippen LogP contribution is 2.27. The number of hydrogen-bond donors (Lipinski definition) is 2. The van der Waals surface area contributed by atoms with E-state index in [4.69, 9.17) is 0 Å². The highest BCUT2D eigenvalue weighted by Gasteiger charge is 2.19. The number of amides is 1. The Morgan fingerprint density at radius 1 is 1.47 bits per heavy atom. The molecule has 1 amide bonds. The van der Waals surface area contributed by atoms with Crippen LogP contribution in [0.2, 0.25) is 0 Å². The zero-order chi connectivity index (χ0) is 12.1. The van der Waals surface area contributed by atoms with E-state index in [2.05, 4.69) is 34.9 Å². The number of carbonyl (C=O) groups is 1. The quantitative estimate of drug-likeness (QED) is 0.831. The fourth-order valence-electron chi connectivity index (χ4n) is 2.43. The van der Waals surface area contributed by atoms with Gasteiger partial charge >= 0.3 is 0 Å². The summed E-state index contributed by atoms with van der Waals surface area (Å²) in [5.41, 5.74) is 2.79. The lowest BCUT2D eigenvalue weighted by Gasteiger charge is -2.26. The van der Waals surface area contributed by atoms with Crippen molar-refractivity contribution >= 4 is 5.91 Å². The van der Waals surface area contributed by atoms with Gasteiger partial charge in [-0.15, -0.1) is 0 Å². The highest BCUT2D eigenvalue weighted by molar-refractivity contribution is 5.75. The van der Waals surface area contributed by atoms with Crippen molar-refractivity contribution in [3.05, 3.63) is 35.4 Å². The molecule has 1 atom stereocenters. The summed E-state index contributed by atoms with van der Waals surface area (Å²) in [6, 6.07) is 8.52. The van der Waals surface area contributed by atoms with E-state index >= 15 is 0 Å². The molecule has 1 aromatic carbocycles. The van der Waals surface area contributed by atoms with Gasteiger partial charge < -0.3 is 10.6 Å². The van der Waals surface area contributed by atoms with E-state index in [1.165, 1.54) is 11.1 Å². The molecule has 0 radical (unpaired) electrons. The fourth-order valence-corrected chi connectivity index (χ4v) is 2.43. The first-order valence-corrected chi connectivity index (χ1v) is 6.36. The van der Waals surface area contributed by atoms with Crippen LogP contribution in [0, 0.1) is 0 Å². The number of carbonyl (C=O) groups excluding carboxylic acids is 1. The standard InChI is InChI=1S/C14H20N2O/c1-2-16-14(17)8-7-12-10-15-9-11-5-3-4-6-13(11)12/h3-6,12,15H,2,7-10H2,1H3,(H,16,17). The van der Waals surface area contributed by atoms with Crippen LogP contribution in [-0.4, -0.2) is 19.0 Å². The maximum absolute atomic E-state index is 11.5. The second-order valence-corrected chi connectivity index (χ2v) is 4.52. The largest absolute Gasteiger partial charge is 0.356 e. The van der Waals surface area contributed by atoms with Gasteiger partial charge in [0.25, 0.3) is 0 Å². The minimum Gasteiger partial charge on any atom is -0.356 e. The van der Waals surface area contributed by atoms with Crippen LogP contribution in [0.4, 0.5) is 0 Å². The molecule has 17 heavy (non-hydrogen) atoms. The topological polar surface area (TPSA) is 41.1 Å². The minimum atomic E-state index is 0.163. The van der Waals surface area contributed by atoms with E-state index in [0.717, 1.165) is 26.1 Å². The van der Waals surface area contributed by atoms with Gasteiger partial charge in [0, 0.05) is 26.1 Å². The smallest absolute Gasteiger partial charge is 0.220 e. The van der Waals surface area contributed by atoms with Crippen LogP contribution in [0.25, 0.3) is 0 Å². The Morgan fingerprint density at radius 3 is 3.12 bits per heavy atom.